The molecule has 0 aromatic carbocycles. The normalized spacial score (nSPS) is 17.9. The van der Waals surface area contributed by atoms with Crippen LogP contribution in [-0.4, -0.2) is 18.9 Å². The summed E-state index contributed by atoms with van der Waals surface area (Å²) in [6, 6.07) is 0. The molecule has 1 saturated heterocycles. The van der Waals surface area contributed by atoms with Crippen LogP contribution in [0, 0.1) is 5.92 Å². The van der Waals surface area contributed by atoms with Crippen LogP contribution in [0.2, 0.25) is 0 Å². The number of ketones is 1. The molecule has 0 amide bonds. The minimum atomic E-state index is 0. The van der Waals surface area contributed by atoms with Crippen molar-refractivity contribution in [2.45, 2.75) is 13.3 Å². The van der Waals surface area contributed by atoms with Crippen molar-refractivity contribution in [1.82, 2.24) is 5.32 Å². The molecular weight excluding hydrogens is 138 g/mol. The maximum atomic E-state index is 10.8. The molecule has 0 unspecified atom stereocenters. The van der Waals surface area contributed by atoms with E-state index in [9.17, 15) is 4.79 Å². The highest BCUT2D eigenvalue weighted by molar-refractivity contribution is 5.85. The molecule has 0 aromatic heterocycles. The molecule has 1 N–H and O–H groups in total. The van der Waals surface area contributed by atoms with Gasteiger partial charge >= 0.3 is 0 Å². The zero-order chi connectivity index (χ0) is 5.98. The van der Waals surface area contributed by atoms with Gasteiger partial charge in [-0.15, -0.1) is 12.4 Å². The minimum Gasteiger partial charge on any atom is -0.315 e. The highest BCUT2D eigenvalue weighted by Crippen LogP contribution is 2.05. The van der Waals surface area contributed by atoms with Crippen LogP contribution >= 0.6 is 12.4 Å². The Bertz CT molecular complexity index is 101. The number of nitrogens with one attached hydrogen (secondary N) is 1. The van der Waals surface area contributed by atoms with Crippen LogP contribution in [0.25, 0.3) is 0 Å². The number of Topliss-reactive ketones (excluding diaryl/α,β-unsaturated/α-hetero) is 1. The van der Waals surface area contributed by atoms with Crippen molar-refractivity contribution < 1.29 is 4.79 Å². The summed E-state index contributed by atoms with van der Waals surface area (Å²) in [6.45, 7) is 3.74. The summed E-state index contributed by atoms with van der Waals surface area (Å²) >= 11 is 0. The summed E-state index contributed by atoms with van der Waals surface area (Å²) in [5.41, 5.74) is 0. The first kappa shape index (κ1) is 8.92. The maximum Gasteiger partial charge on any atom is 0.138 e. The molecule has 0 saturated carbocycles. The lowest BCUT2D eigenvalue weighted by molar-refractivity contribution is -0.123. The number of hydrogen-bond acceptors (Lipinski definition) is 2. The fourth-order valence-corrected chi connectivity index (χ4v) is 0.805. The standard InChI is InChI=1S/C6H11NO.ClH/c1-2-6(8)5-3-7-4-5;/h5,7H,2-4H2,1H3;1H. The van der Waals surface area contributed by atoms with Gasteiger partial charge in [0.15, 0.2) is 0 Å². The number of rotatable bonds is 2. The summed E-state index contributed by atoms with van der Waals surface area (Å²) in [5, 5.41) is 3.06. The van der Waals surface area contributed by atoms with Crippen LogP contribution in [0.4, 0.5) is 0 Å². The van der Waals surface area contributed by atoms with E-state index in [2.05, 4.69) is 5.32 Å². The fraction of sp³-hybridized carbons (Fsp3) is 0.833. The van der Waals surface area contributed by atoms with E-state index in [1.807, 2.05) is 6.92 Å². The van der Waals surface area contributed by atoms with Crippen LogP contribution in [0.5, 0.6) is 0 Å². The molecule has 1 rings (SSSR count). The second-order valence-corrected chi connectivity index (χ2v) is 2.18. The van der Waals surface area contributed by atoms with Crippen molar-refractivity contribution in [2.75, 3.05) is 13.1 Å². The average Bonchev–Trinajstić information content (AvgIpc) is 1.62. The van der Waals surface area contributed by atoms with Crippen molar-refractivity contribution in [3.8, 4) is 0 Å². The van der Waals surface area contributed by atoms with Crippen molar-refractivity contribution in [3.63, 3.8) is 0 Å². The molecule has 1 aliphatic heterocycles. The Morgan fingerprint density at radius 3 is 2.33 bits per heavy atom. The fourth-order valence-electron chi connectivity index (χ4n) is 0.805. The molecule has 0 radical (unpaired) electrons. The highest BCUT2D eigenvalue weighted by Gasteiger charge is 2.22. The Morgan fingerprint density at radius 2 is 2.22 bits per heavy atom. The van der Waals surface area contributed by atoms with E-state index in [0.29, 0.717) is 18.1 Å². The van der Waals surface area contributed by atoms with Crippen molar-refractivity contribution in [1.29, 1.82) is 0 Å². The van der Waals surface area contributed by atoms with E-state index in [-0.39, 0.29) is 12.4 Å². The summed E-state index contributed by atoms with van der Waals surface area (Å²) in [5.74, 6) is 0.753. The third kappa shape index (κ3) is 1.95. The number of carbonyl (C=O) groups excluding carboxylic acids is 1. The molecule has 0 atom stereocenters. The summed E-state index contributed by atoms with van der Waals surface area (Å²) in [4.78, 5) is 10.8. The third-order valence-corrected chi connectivity index (χ3v) is 1.59. The van der Waals surface area contributed by atoms with E-state index in [1.54, 1.807) is 0 Å². The van der Waals surface area contributed by atoms with Crippen LogP contribution in [0.3, 0.4) is 0 Å². The lowest BCUT2D eigenvalue weighted by Gasteiger charge is -2.24. The van der Waals surface area contributed by atoms with Gasteiger partial charge in [-0.3, -0.25) is 4.79 Å². The monoisotopic (exact) mass is 149 g/mol. The molecular formula is C6H12ClNO. The second kappa shape index (κ2) is 3.85. The molecule has 3 heteroatoms. The van der Waals surface area contributed by atoms with Crippen molar-refractivity contribution >= 4 is 18.2 Å². The van der Waals surface area contributed by atoms with Crippen LogP contribution in [-0.2, 0) is 4.79 Å². The van der Waals surface area contributed by atoms with Gasteiger partial charge in [0.25, 0.3) is 0 Å². The minimum absolute atomic E-state index is 0. The number of halogens is 1. The third-order valence-electron chi connectivity index (χ3n) is 1.59. The zero-order valence-electron chi connectivity index (χ0n) is 5.52. The van der Waals surface area contributed by atoms with Crippen LogP contribution in [0.15, 0.2) is 0 Å². The molecule has 0 aromatic rings. The quantitative estimate of drug-likeness (QED) is 0.624. The lowest BCUT2D eigenvalue weighted by atomic mass is 9.97. The Morgan fingerprint density at radius 1 is 1.67 bits per heavy atom. The molecule has 9 heavy (non-hydrogen) atoms. The van der Waals surface area contributed by atoms with E-state index >= 15 is 0 Å². The number of carbonyl (C=O) groups is 1. The van der Waals surface area contributed by atoms with Gasteiger partial charge in [-0.25, -0.2) is 0 Å². The smallest absolute Gasteiger partial charge is 0.138 e. The first-order valence-electron chi connectivity index (χ1n) is 3.08. The molecule has 1 fully saturated rings. The summed E-state index contributed by atoms with van der Waals surface area (Å²) in [6.07, 6.45) is 0.701. The van der Waals surface area contributed by atoms with Crippen molar-refractivity contribution in [2.24, 2.45) is 5.92 Å². The maximum absolute atomic E-state index is 10.8. The first-order chi connectivity index (χ1) is 3.84. The largest absolute Gasteiger partial charge is 0.315 e. The van der Waals surface area contributed by atoms with E-state index in [1.165, 1.54) is 0 Å². The Hall–Kier alpha value is -0.0800. The summed E-state index contributed by atoms with van der Waals surface area (Å²) < 4.78 is 0. The van der Waals surface area contributed by atoms with Gasteiger partial charge in [0.05, 0.1) is 0 Å². The van der Waals surface area contributed by atoms with Gasteiger partial charge in [0.1, 0.15) is 5.78 Å². The molecule has 0 aliphatic carbocycles. The van der Waals surface area contributed by atoms with Crippen LogP contribution in [0.1, 0.15) is 13.3 Å². The Labute approximate surface area is 61.4 Å². The topological polar surface area (TPSA) is 29.1 Å². The molecule has 54 valence electrons. The van der Waals surface area contributed by atoms with Crippen LogP contribution < -0.4 is 5.32 Å². The SMILES string of the molecule is CCC(=O)C1CNC1.Cl. The Balaban J connectivity index is 0.000000640. The molecule has 1 aliphatic rings. The number of hydrogen-bond donors (Lipinski definition) is 1. The van der Waals surface area contributed by atoms with Gasteiger partial charge in [0, 0.05) is 25.4 Å². The molecule has 2 nitrogen and oxygen atoms in total. The van der Waals surface area contributed by atoms with Gasteiger partial charge in [-0.1, -0.05) is 6.92 Å². The molecule has 0 spiro atoms. The lowest BCUT2D eigenvalue weighted by Crippen LogP contribution is -2.46. The predicted octanol–water partition coefficient (Wildman–Crippen LogP) is 0.607. The summed E-state index contributed by atoms with van der Waals surface area (Å²) in [7, 11) is 0. The van der Waals surface area contributed by atoms with Gasteiger partial charge in [-0.2, -0.15) is 0 Å². The average molecular weight is 150 g/mol. The Kier molecular flexibility index (Phi) is 3.82. The second-order valence-electron chi connectivity index (χ2n) is 2.18. The van der Waals surface area contributed by atoms with Crippen molar-refractivity contribution in [3.05, 3.63) is 0 Å². The molecule has 1 heterocycles. The predicted molar refractivity (Wildman–Crippen MR) is 38.9 cm³/mol. The first-order valence-corrected chi connectivity index (χ1v) is 3.08. The highest BCUT2D eigenvalue weighted by atomic mass is 35.5. The van der Waals surface area contributed by atoms with Gasteiger partial charge in [0.2, 0.25) is 0 Å². The van der Waals surface area contributed by atoms with Gasteiger partial charge in [-0.05, 0) is 0 Å². The van der Waals surface area contributed by atoms with E-state index in [0.717, 1.165) is 13.1 Å². The van der Waals surface area contributed by atoms with E-state index < -0.39 is 0 Å². The van der Waals surface area contributed by atoms with Gasteiger partial charge < -0.3 is 5.32 Å². The van der Waals surface area contributed by atoms with E-state index in [4.69, 9.17) is 0 Å². The molecule has 0 bridgehead atoms. The zero-order valence-corrected chi connectivity index (χ0v) is 6.33.